The van der Waals surface area contributed by atoms with Gasteiger partial charge in [-0.05, 0) is 32.0 Å². The molecule has 0 saturated carbocycles. The van der Waals surface area contributed by atoms with E-state index in [1.807, 2.05) is 0 Å². The van der Waals surface area contributed by atoms with Crippen LogP contribution in [0.4, 0.5) is 0 Å². The summed E-state index contributed by atoms with van der Waals surface area (Å²) in [5, 5.41) is 14.0. The Hall–Kier alpha value is -0.820. The second-order valence-corrected chi connectivity index (χ2v) is 6.61. The highest BCUT2D eigenvalue weighted by Crippen LogP contribution is 2.30. The van der Waals surface area contributed by atoms with Crippen LogP contribution in [0.2, 0.25) is 0 Å². The summed E-state index contributed by atoms with van der Waals surface area (Å²) in [6.07, 6.45) is 2.07. The minimum atomic E-state index is 0.765. The third kappa shape index (κ3) is 4.65. The molecule has 2 heterocycles. The van der Waals surface area contributed by atoms with E-state index in [1.54, 1.807) is 29.8 Å². The van der Waals surface area contributed by atoms with Gasteiger partial charge < -0.3 is 10.1 Å². The molecule has 0 saturated heterocycles. The Morgan fingerprint density at radius 3 is 2.84 bits per heavy atom. The number of ether oxygens (including phenoxy) is 1. The largest absolute Gasteiger partial charge is 0.383 e. The van der Waals surface area contributed by atoms with Crippen LogP contribution in [0.1, 0.15) is 16.3 Å². The number of hydrogen-bond donors (Lipinski definition) is 1. The van der Waals surface area contributed by atoms with Crippen LogP contribution in [0, 0.1) is 6.92 Å². The zero-order chi connectivity index (χ0) is 13.5. The molecule has 0 aliphatic rings. The van der Waals surface area contributed by atoms with Crippen molar-refractivity contribution in [1.29, 1.82) is 0 Å². The van der Waals surface area contributed by atoms with Gasteiger partial charge in [-0.2, -0.15) is 0 Å². The molecule has 6 heteroatoms. The molecule has 0 fully saturated rings. The number of rotatable bonds is 8. The Balaban J connectivity index is 1.75. The van der Waals surface area contributed by atoms with Gasteiger partial charge in [0.2, 0.25) is 0 Å². The smallest absolute Gasteiger partial charge is 0.157 e. The summed E-state index contributed by atoms with van der Waals surface area (Å²) in [5.41, 5.74) is 0. The third-order valence-electron chi connectivity index (χ3n) is 2.65. The van der Waals surface area contributed by atoms with Gasteiger partial charge in [0.1, 0.15) is 5.01 Å². The molecule has 0 bridgehead atoms. The normalized spacial score (nSPS) is 11.1. The number of nitrogens with one attached hydrogen (secondary N) is 1. The number of aromatic nitrogens is 2. The molecule has 2 aromatic heterocycles. The van der Waals surface area contributed by atoms with E-state index in [4.69, 9.17) is 4.74 Å². The molecule has 4 nitrogen and oxygen atoms in total. The minimum absolute atomic E-state index is 0.765. The average molecular weight is 297 g/mol. The highest BCUT2D eigenvalue weighted by Gasteiger charge is 2.08. The van der Waals surface area contributed by atoms with Gasteiger partial charge in [-0.1, -0.05) is 11.3 Å². The topological polar surface area (TPSA) is 47.0 Å². The first-order chi connectivity index (χ1) is 9.29. The number of thiophene rings is 1. The molecule has 0 atom stereocenters. The van der Waals surface area contributed by atoms with E-state index >= 15 is 0 Å². The summed E-state index contributed by atoms with van der Waals surface area (Å²) in [7, 11) is 1.72. The van der Waals surface area contributed by atoms with Crippen molar-refractivity contribution in [2.75, 3.05) is 26.8 Å². The highest BCUT2D eigenvalue weighted by atomic mass is 32.1. The first-order valence-electron chi connectivity index (χ1n) is 6.38. The Kier molecular flexibility index (Phi) is 5.91. The van der Waals surface area contributed by atoms with Crippen LogP contribution in [-0.4, -0.2) is 37.0 Å². The van der Waals surface area contributed by atoms with Crippen molar-refractivity contribution in [2.24, 2.45) is 0 Å². The molecule has 104 valence electrons. The minimum Gasteiger partial charge on any atom is -0.383 e. The third-order valence-corrected chi connectivity index (χ3v) is 4.80. The Morgan fingerprint density at radius 2 is 2.11 bits per heavy atom. The second kappa shape index (κ2) is 7.69. The SMILES string of the molecule is COCCNCCCc1nnc(-c2ccc(C)s2)s1. The lowest BCUT2D eigenvalue weighted by Gasteiger charge is -2.01. The zero-order valence-corrected chi connectivity index (χ0v) is 12.9. The van der Waals surface area contributed by atoms with Crippen LogP contribution in [0.5, 0.6) is 0 Å². The summed E-state index contributed by atoms with van der Waals surface area (Å²) in [4.78, 5) is 2.54. The first-order valence-corrected chi connectivity index (χ1v) is 8.01. The van der Waals surface area contributed by atoms with E-state index in [2.05, 4.69) is 34.6 Å². The number of aryl methyl sites for hydroxylation is 2. The van der Waals surface area contributed by atoms with Gasteiger partial charge >= 0.3 is 0 Å². The zero-order valence-electron chi connectivity index (χ0n) is 11.3. The molecule has 19 heavy (non-hydrogen) atoms. The van der Waals surface area contributed by atoms with Gasteiger partial charge in [-0.3, -0.25) is 0 Å². The van der Waals surface area contributed by atoms with Crippen molar-refractivity contribution >= 4 is 22.7 Å². The summed E-state index contributed by atoms with van der Waals surface area (Å²) in [5.74, 6) is 0. The standard InChI is InChI=1S/C13H19N3OS2/c1-10-5-6-11(18-10)13-16-15-12(19-13)4-3-7-14-8-9-17-2/h5-6,14H,3-4,7-9H2,1-2H3. The molecule has 0 aromatic carbocycles. The van der Waals surface area contributed by atoms with Crippen molar-refractivity contribution in [2.45, 2.75) is 19.8 Å². The monoisotopic (exact) mass is 297 g/mol. The van der Waals surface area contributed by atoms with E-state index in [0.29, 0.717) is 0 Å². The lowest BCUT2D eigenvalue weighted by Crippen LogP contribution is -2.20. The number of nitrogens with zero attached hydrogens (tertiary/aromatic N) is 2. The summed E-state index contributed by atoms with van der Waals surface area (Å²) in [6, 6.07) is 4.25. The second-order valence-electron chi connectivity index (χ2n) is 4.26. The molecule has 2 rings (SSSR count). The van der Waals surface area contributed by atoms with Crippen molar-refractivity contribution in [3.05, 3.63) is 22.0 Å². The Labute approximate surface area is 121 Å². The van der Waals surface area contributed by atoms with E-state index < -0.39 is 0 Å². The molecule has 0 amide bonds. The molecule has 0 aliphatic heterocycles. The van der Waals surface area contributed by atoms with Crippen molar-refractivity contribution in [1.82, 2.24) is 15.5 Å². The predicted octanol–water partition coefficient (Wildman–Crippen LogP) is 2.74. The fraction of sp³-hybridized carbons (Fsp3) is 0.538. The van der Waals surface area contributed by atoms with Gasteiger partial charge in [0, 0.05) is 25.0 Å². The predicted molar refractivity (Wildman–Crippen MR) is 81.0 cm³/mol. The van der Waals surface area contributed by atoms with Gasteiger partial charge in [0.15, 0.2) is 5.01 Å². The molecule has 0 radical (unpaired) electrons. The Bertz CT molecular complexity index is 496. The fourth-order valence-corrected chi connectivity index (χ4v) is 3.47. The highest BCUT2D eigenvalue weighted by molar-refractivity contribution is 7.21. The summed E-state index contributed by atoms with van der Waals surface area (Å²) < 4.78 is 4.98. The van der Waals surface area contributed by atoms with Crippen LogP contribution in [-0.2, 0) is 11.2 Å². The van der Waals surface area contributed by atoms with E-state index in [9.17, 15) is 0 Å². The van der Waals surface area contributed by atoms with E-state index in [1.165, 1.54) is 9.75 Å². The maximum Gasteiger partial charge on any atom is 0.157 e. The van der Waals surface area contributed by atoms with Gasteiger partial charge in [0.25, 0.3) is 0 Å². The van der Waals surface area contributed by atoms with Gasteiger partial charge in [-0.25, -0.2) is 0 Å². The lowest BCUT2D eigenvalue weighted by atomic mass is 10.3. The molecule has 1 N–H and O–H groups in total. The van der Waals surface area contributed by atoms with E-state index in [-0.39, 0.29) is 0 Å². The molecule has 2 aromatic rings. The average Bonchev–Trinajstić information content (AvgIpc) is 3.02. The van der Waals surface area contributed by atoms with Crippen molar-refractivity contribution in [3.8, 4) is 9.88 Å². The quantitative estimate of drug-likeness (QED) is 0.761. The Morgan fingerprint density at radius 1 is 1.21 bits per heavy atom. The van der Waals surface area contributed by atoms with Crippen molar-refractivity contribution < 1.29 is 4.74 Å². The van der Waals surface area contributed by atoms with Crippen LogP contribution in [0.3, 0.4) is 0 Å². The van der Waals surface area contributed by atoms with Crippen LogP contribution >= 0.6 is 22.7 Å². The van der Waals surface area contributed by atoms with Crippen LogP contribution < -0.4 is 5.32 Å². The molecular formula is C13H19N3OS2. The molecule has 0 unspecified atom stereocenters. The fourth-order valence-electron chi connectivity index (χ4n) is 1.67. The van der Waals surface area contributed by atoms with E-state index in [0.717, 1.165) is 42.6 Å². The van der Waals surface area contributed by atoms with Crippen molar-refractivity contribution in [3.63, 3.8) is 0 Å². The molecule has 0 aliphatic carbocycles. The number of methoxy groups -OCH3 is 1. The molecule has 0 spiro atoms. The maximum atomic E-state index is 4.98. The first kappa shape index (κ1) is 14.6. The summed E-state index contributed by atoms with van der Waals surface area (Å²) in [6.45, 7) is 4.78. The maximum absolute atomic E-state index is 4.98. The summed E-state index contributed by atoms with van der Waals surface area (Å²) >= 11 is 3.48. The lowest BCUT2D eigenvalue weighted by molar-refractivity contribution is 0.199. The van der Waals surface area contributed by atoms with Crippen LogP contribution in [0.25, 0.3) is 9.88 Å². The molecular weight excluding hydrogens is 278 g/mol. The number of hydrogen-bond acceptors (Lipinski definition) is 6. The van der Waals surface area contributed by atoms with Crippen LogP contribution in [0.15, 0.2) is 12.1 Å². The van der Waals surface area contributed by atoms with Gasteiger partial charge in [-0.15, -0.1) is 21.5 Å². The van der Waals surface area contributed by atoms with Gasteiger partial charge in [0.05, 0.1) is 11.5 Å².